The minimum Gasteiger partial charge on any atom is -0.279 e. The Bertz CT molecular complexity index is 281. The molecule has 0 saturated carbocycles. The van der Waals surface area contributed by atoms with Crippen molar-refractivity contribution in [2.75, 3.05) is 12.6 Å². The maximum atomic E-state index is 4.78. The highest BCUT2D eigenvalue weighted by Gasteiger charge is 1.94. The summed E-state index contributed by atoms with van der Waals surface area (Å²) in [5.41, 5.74) is 5.88. The molecule has 0 heterocycles. The Balaban J connectivity index is 2.88. The third kappa shape index (κ3) is 2.10. The van der Waals surface area contributed by atoms with Gasteiger partial charge in [0.05, 0.1) is 12.8 Å². The van der Waals surface area contributed by atoms with E-state index in [9.17, 15) is 0 Å². The van der Waals surface area contributed by atoms with Crippen molar-refractivity contribution in [3.8, 4) is 0 Å². The van der Waals surface area contributed by atoms with E-state index in [0.29, 0.717) is 0 Å². The summed E-state index contributed by atoms with van der Waals surface area (Å²) in [5.74, 6) is 0. The number of allylic oxidation sites excluding steroid dienone is 1. The van der Waals surface area contributed by atoms with Crippen molar-refractivity contribution >= 4 is 11.3 Å². The third-order valence-corrected chi connectivity index (χ3v) is 1.58. The molecule has 0 spiro atoms. The van der Waals surface area contributed by atoms with Crippen LogP contribution >= 0.6 is 0 Å². The lowest BCUT2D eigenvalue weighted by Gasteiger charge is -2.04. The van der Waals surface area contributed by atoms with Crippen molar-refractivity contribution in [1.82, 2.24) is 0 Å². The highest BCUT2D eigenvalue weighted by molar-refractivity contribution is 5.65. The van der Waals surface area contributed by atoms with E-state index in [2.05, 4.69) is 12.1 Å². The van der Waals surface area contributed by atoms with E-state index in [1.165, 1.54) is 0 Å². The maximum absolute atomic E-state index is 4.78. The fourth-order valence-corrected chi connectivity index (χ4v) is 0.966. The summed E-state index contributed by atoms with van der Waals surface area (Å²) in [5, 5.41) is 0. The van der Waals surface area contributed by atoms with Gasteiger partial charge >= 0.3 is 0 Å². The molecule has 0 aliphatic heterocycles. The second-order valence-electron chi connectivity index (χ2n) is 2.67. The standard InChI is InChI=1S/C10H13NO/c1-8(2)9-5-4-6-10(7-9)11-12-3/h4-7,11H,1H2,2-3H3. The van der Waals surface area contributed by atoms with Gasteiger partial charge in [-0.3, -0.25) is 10.3 Å². The minimum absolute atomic E-state index is 0.943. The summed E-state index contributed by atoms with van der Waals surface area (Å²) in [7, 11) is 1.59. The molecule has 0 aromatic heterocycles. The normalized spacial score (nSPS) is 9.50. The first-order valence-corrected chi connectivity index (χ1v) is 3.79. The van der Waals surface area contributed by atoms with E-state index in [4.69, 9.17) is 4.84 Å². The molecule has 0 radical (unpaired) electrons. The Morgan fingerprint density at radius 3 is 2.83 bits per heavy atom. The quantitative estimate of drug-likeness (QED) is 0.692. The van der Waals surface area contributed by atoms with E-state index < -0.39 is 0 Å². The van der Waals surface area contributed by atoms with Gasteiger partial charge in [0.15, 0.2) is 0 Å². The maximum Gasteiger partial charge on any atom is 0.0636 e. The fraction of sp³-hybridized carbons (Fsp3) is 0.200. The highest BCUT2D eigenvalue weighted by Crippen LogP contribution is 2.16. The Morgan fingerprint density at radius 2 is 2.25 bits per heavy atom. The Kier molecular flexibility index (Phi) is 2.88. The van der Waals surface area contributed by atoms with Gasteiger partial charge in [-0.05, 0) is 24.6 Å². The number of benzene rings is 1. The first-order valence-electron chi connectivity index (χ1n) is 3.79. The van der Waals surface area contributed by atoms with Gasteiger partial charge in [0.25, 0.3) is 0 Å². The number of hydrogen-bond donors (Lipinski definition) is 1. The predicted octanol–water partition coefficient (Wildman–Crippen LogP) is 2.69. The van der Waals surface area contributed by atoms with Crippen molar-refractivity contribution in [2.45, 2.75) is 6.92 Å². The molecule has 2 heteroatoms. The van der Waals surface area contributed by atoms with Gasteiger partial charge in [-0.25, -0.2) is 0 Å². The molecule has 1 aromatic carbocycles. The average Bonchev–Trinajstić information content (AvgIpc) is 2.05. The largest absolute Gasteiger partial charge is 0.279 e. The predicted molar refractivity (Wildman–Crippen MR) is 51.8 cm³/mol. The molecule has 0 unspecified atom stereocenters. The van der Waals surface area contributed by atoms with Crippen LogP contribution in [0.15, 0.2) is 30.8 Å². The number of hydrogen-bond acceptors (Lipinski definition) is 2. The van der Waals surface area contributed by atoms with Crippen LogP contribution in [0.25, 0.3) is 5.57 Å². The van der Waals surface area contributed by atoms with Crippen LogP contribution in [-0.2, 0) is 4.84 Å². The molecule has 1 rings (SSSR count). The fourth-order valence-electron chi connectivity index (χ4n) is 0.966. The van der Waals surface area contributed by atoms with Gasteiger partial charge in [-0.15, -0.1) is 0 Å². The number of nitrogens with one attached hydrogen (secondary N) is 1. The molecule has 0 fully saturated rings. The smallest absolute Gasteiger partial charge is 0.0636 e. The first kappa shape index (κ1) is 8.81. The van der Waals surface area contributed by atoms with Crippen molar-refractivity contribution in [1.29, 1.82) is 0 Å². The molecule has 0 aliphatic carbocycles. The Morgan fingerprint density at radius 1 is 1.50 bits per heavy atom. The van der Waals surface area contributed by atoms with Crippen LogP contribution in [0.5, 0.6) is 0 Å². The summed E-state index contributed by atoms with van der Waals surface area (Å²) in [6, 6.07) is 7.91. The Labute approximate surface area is 72.8 Å². The lowest BCUT2D eigenvalue weighted by atomic mass is 10.1. The minimum atomic E-state index is 0.943. The molecule has 0 aliphatic rings. The summed E-state index contributed by atoms with van der Waals surface area (Å²) in [6.45, 7) is 5.84. The van der Waals surface area contributed by atoms with Crippen LogP contribution in [0, 0.1) is 0 Å². The first-order chi connectivity index (χ1) is 5.74. The van der Waals surface area contributed by atoms with Crippen molar-refractivity contribution in [3.63, 3.8) is 0 Å². The van der Waals surface area contributed by atoms with Crippen LogP contribution in [0.2, 0.25) is 0 Å². The summed E-state index contributed by atoms with van der Waals surface area (Å²) in [4.78, 5) is 4.78. The topological polar surface area (TPSA) is 21.3 Å². The summed E-state index contributed by atoms with van der Waals surface area (Å²) < 4.78 is 0. The molecule has 0 atom stereocenters. The van der Waals surface area contributed by atoms with Crippen molar-refractivity contribution in [2.24, 2.45) is 0 Å². The molecular weight excluding hydrogens is 150 g/mol. The highest BCUT2D eigenvalue weighted by atomic mass is 16.6. The number of rotatable bonds is 3. The summed E-state index contributed by atoms with van der Waals surface area (Å²) >= 11 is 0. The summed E-state index contributed by atoms with van der Waals surface area (Å²) in [6.07, 6.45) is 0. The average molecular weight is 163 g/mol. The van der Waals surface area contributed by atoms with E-state index in [0.717, 1.165) is 16.8 Å². The van der Waals surface area contributed by atoms with Crippen LogP contribution in [0.1, 0.15) is 12.5 Å². The second kappa shape index (κ2) is 3.93. The van der Waals surface area contributed by atoms with E-state index in [1.807, 2.05) is 31.2 Å². The second-order valence-corrected chi connectivity index (χ2v) is 2.67. The monoisotopic (exact) mass is 163 g/mol. The van der Waals surface area contributed by atoms with Crippen LogP contribution in [0.4, 0.5) is 5.69 Å². The zero-order chi connectivity index (χ0) is 8.97. The van der Waals surface area contributed by atoms with E-state index in [1.54, 1.807) is 7.11 Å². The SMILES string of the molecule is C=C(C)c1cccc(NOC)c1. The zero-order valence-corrected chi connectivity index (χ0v) is 7.42. The van der Waals surface area contributed by atoms with Crippen LogP contribution in [0.3, 0.4) is 0 Å². The molecule has 0 amide bonds. The molecule has 1 aromatic rings. The van der Waals surface area contributed by atoms with Gasteiger partial charge in [-0.1, -0.05) is 24.3 Å². The molecule has 64 valence electrons. The van der Waals surface area contributed by atoms with E-state index >= 15 is 0 Å². The van der Waals surface area contributed by atoms with Gasteiger partial charge in [0, 0.05) is 0 Å². The van der Waals surface area contributed by atoms with Crippen LogP contribution in [-0.4, -0.2) is 7.11 Å². The van der Waals surface area contributed by atoms with E-state index in [-0.39, 0.29) is 0 Å². The Hall–Kier alpha value is -1.28. The zero-order valence-electron chi connectivity index (χ0n) is 7.42. The lowest BCUT2D eigenvalue weighted by Crippen LogP contribution is -1.95. The molecule has 0 bridgehead atoms. The molecule has 12 heavy (non-hydrogen) atoms. The van der Waals surface area contributed by atoms with Gasteiger partial charge in [0.1, 0.15) is 0 Å². The number of anilines is 1. The van der Waals surface area contributed by atoms with Gasteiger partial charge in [-0.2, -0.15) is 0 Å². The van der Waals surface area contributed by atoms with Crippen molar-refractivity contribution < 1.29 is 4.84 Å². The van der Waals surface area contributed by atoms with Crippen molar-refractivity contribution in [3.05, 3.63) is 36.4 Å². The molecular formula is C10H13NO. The lowest BCUT2D eigenvalue weighted by molar-refractivity contribution is 0.271. The third-order valence-electron chi connectivity index (χ3n) is 1.58. The van der Waals surface area contributed by atoms with Gasteiger partial charge < -0.3 is 0 Å². The molecule has 1 N–H and O–H groups in total. The molecule has 2 nitrogen and oxygen atoms in total. The van der Waals surface area contributed by atoms with Gasteiger partial charge in [0.2, 0.25) is 0 Å². The van der Waals surface area contributed by atoms with Crippen LogP contribution < -0.4 is 5.48 Å². The molecule has 0 saturated heterocycles.